The Labute approximate surface area is 223 Å². The first-order valence-electron chi connectivity index (χ1n) is 14.1. The van der Waals surface area contributed by atoms with E-state index < -0.39 is 0 Å². The molecule has 37 heavy (non-hydrogen) atoms. The third kappa shape index (κ3) is 5.03. The van der Waals surface area contributed by atoms with Crippen LogP contribution in [-0.2, 0) is 6.42 Å². The number of phenols is 1. The molecule has 1 heterocycles. The molecule has 0 radical (unpaired) electrons. The number of phenolic OH excluding ortho intramolecular Hbond substituents is 1. The zero-order valence-corrected chi connectivity index (χ0v) is 23.5. The predicted octanol–water partition coefficient (Wildman–Crippen LogP) is 7.74. The smallest absolute Gasteiger partial charge is 0.122 e. The van der Waals surface area contributed by atoms with Gasteiger partial charge in [0.05, 0.1) is 0 Å². The van der Waals surface area contributed by atoms with Gasteiger partial charge >= 0.3 is 0 Å². The zero-order valence-electron chi connectivity index (χ0n) is 23.5. The first-order chi connectivity index (χ1) is 17.7. The maximum absolute atomic E-state index is 10.5. The van der Waals surface area contributed by atoms with Crippen molar-refractivity contribution in [3.8, 4) is 11.5 Å². The molecule has 0 aromatic heterocycles. The van der Waals surface area contributed by atoms with Gasteiger partial charge in [0.1, 0.15) is 17.6 Å². The number of hydrogen-bond acceptors (Lipinski definition) is 3. The SMILES string of the molecule is Cc1cc2c(cc1O)CC[C@H](c1ccccc1C)[C@@H]2c1ccc(OC(C)CN2CCCC2C)c(C)c1C. The Kier molecular flexibility index (Phi) is 7.36. The Hall–Kier alpha value is -2.78. The van der Waals surface area contributed by atoms with E-state index in [1.54, 1.807) is 0 Å². The molecule has 3 aromatic rings. The summed E-state index contributed by atoms with van der Waals surface area (Å²) in [6.45, 7) is 15.4. The molecule has 1 saturated heterocycles. The van der Waals surface area contributed by atoms with Crippen LogP contribution in [0.3, 0.4) is 0 Å². The molecule has 0 bridgehead atoms. The van der Waals surface area contributed by atoms with E-state index in [0.717, 1.165) is 30.7 Å². The Morgan fingerprint density at radius 1 is 0.919 bits per heavy atom. The van der Waals surface area contributed by atoms with Gasteiger partial charge in [-0.1, -0.05) is 36.4 Å². The van der Waals surface area contributed by atoms with Crippen LogP contribution in [0.4, 0.5) is 0 Å². The van der Waals surface area contributed by atoms with Crippen molar-refractivity contribution in [2.24, 2.45) is 0 Å². The van der Waals surface area contributed by atoms with Crippen molar-refractivity contribution in [1.82, 2.24) is 4.90 Å². The molecular weight excluding hydrogens is 454 g/mol. The van der Waals surface area contributed by atoms with Crippen molar-refractivity contribution in [3.05, 3.63) is 93.0 Å². The van der Waals surface area contributed by atoms with Gasteiger partial charge in [0, 0.05) is 18.5 Å². The van der Waals surface area contributed by atoms with Gasteiger partial charge in [-0.2, -0.15) is 0 Å². The number of nitrogens with zero attached hydrogens (tertiary/aromatic N) is 1. The monoisotopic (exact) mass is 497 g/mol. The molecule has 3 heteroatoms. The predicted molar refractivity (Wildman–Crippen MR) is 153 cm³/mol. The molecule has 1 aliphatic heterocycles. The molecule has 2 aliphatic rings. The zero-order chi connectivity index (χ0) is 26.3. The molecule has 1 aliphatic carbocycles. The summed E-state index contributed by atoms with van der Waals surface area (Å²) >= 11 is 0. The molecule has 2 unspecified atom stereocenters. The molecule has 4 atom stereocenters. The molecule has 3 nitrogen and oxygen atoms in total. The summed E-state index contributed by atoms with van der Waals surface area (Å²) in [6.07, 6.45) is 4.81. The molecular formula is C34H43NO2. The topological polar surface area (TPSA) is 32.7 Å². The van der Waals surface area contributed by atoms with E-state index in [2.05, 4.69) is 82.0 Å². The molecule has 5 rings (SSSR count). The van der Waals surface area contributed by atoms with Gasteiger partial charge in [-0.05, 0) is 136 Å². The highest BCUT2D eigenvalue weighted by atomic mass is 16.5. The van der Waals surface area contributed by atoms with Gasteiger partial charge in [0.25, 0.3) is 0 Å². The van der Waals surface area contributed by atoms with Gasteiger partial charge in [-0.3, -0.25) is 4.90 Å². The van der Waals surface area contributed by atoms with Gasteiger partial charge < -0.3 is 9.84 Å². The summed E-state index contributed by atoms with van der Waals surface area (Å²) in [7, 11) is 0. The van der Waals surface area contributed by atoms with Crippen LogP contribution in [0.15, 0.2) is 48.5 Å². The highest BCUT2D eigenvalue weighted by Gasteiger charge is 2.34. The average Bonchev–Trinajstić information content (AvgIpc) is 3.27. The van der Waals surface area contributed by atoms with Crippen LogP contribution >= 0.6 is 0 Å². The molecule has 1 fully saturated rings. The van der Waals surface area contributed by atoms with E-state index in [1.807, 2.05) is 13.0 Å². The summed E-state index contributed by atoms with van der Waals surface area (Å²) in [4.78, 5) is 2.56. The Bertz CT molecular complexity index is 1280. The Morgan fingerprint density at radius 2 is 1.70 bits per heavy atom. The second-order valence-corrected chi connectivity index (χ2v) is 11.6. The fourth-order valence-electron chi connectivity index (χ4n) is 6.81. The lowest BCUT2D eigenvalue weighted by atomic mass is 9.67. The lowest BCUT2D eigenvalue weighted by molar-refractivity contribution is 0.141. The fraction of sp³-hybridized carbons (Fsp3) is 0.471. The van der Waals surface area contributed by atoms with Gasteiger partial charge in [-0.15, -0.1) is 0 Å². The van der Waals surface area contributed by atoms with Crippen molar-refractivity contribution in [1.29, 1.82) is 0 Å². The highest BCUT2D eigenvalue weighted by Crippen LogP contribution is 2.49. The molecule has 1 N–H and O–H groups in total. The number of likely N-dealkylation sites (tertiary alicyclic amines) is 1. The molecule has 0 saturated carbocycles. The van der Waals surface area contributed by atoms with Crippen molar-refractivity contribution in [2.45, 2.75) is 91.2 Å². The fourth-order valence-corrected chi connectivity index (χ4v) is 6.81. The lowest BCUT2D eigenvalue weighted by Crippen LogP contribution is -2.36. The van der Waals surface area contributed by atoms with Gasteiger partial charge in [-0.25, -0.2) is 0 Å². The van der Waals surface area contributed by atoms with Crippen molar-refractivity contribution < 1.29 is 9.84 Å². The minimum atomic E-state index is 0.158. The highest BCUT2D eigenvalue weighted by molar-refractivity contribution is 5.55. The van der Waals surface area contributed by atoms with E-state index in [0.29, 0.717) is 17.7 Å². The second-order valence-electron chi connectivity index (χ2n) is 11.6. The quantitative estimate of drug-likeness (QED) is 0.378. The normalized spacial score (nSPS) is 22.6. The number of rotatable bonds is 6. The molecule has 3 aromatic carbocycles. The number of aromatic hydroxyl groups is 1. The molecule has 196 valence electrons. The lowest BCUT2D eigenvalue weighted by Gasteiger charge is -2.37. The van der Waals surface area contributed by atoms with Crippen LogP contribution in [0.1, 0.15) is 89.5 Å². The van der Waals surface area contributed by atoms with Crippen LogP contribution in [0.2, 0.25) is 0 Å². The van der Waals surface area contributed by atoms with E-state index in [9.17, 15) is 5.11 Å². The van der Waals surface area contributed by atoms with Crippen LogP contribution in [0.5, 0.6) is 11.5 Å². The number of fused-ring (bicyclic) bond motifs is 1. The minimum Gasteiger partial charge on any atom is -0.508 e. The Balaban J connectivity index is 1.52. The van der Waals surface area contributed by atoms with Gasteiger partial charge in [0.2, 0.25) is 0 Å². The van der Waals surface area contributed by atoms with E-state index >= 15 is 0 Å². The number of benzene rings is 3. The van der Waals surface area contributed by atoms with E-state index in [1.165, 1.54) is 58.3 Å². The summed E-state index contributed by atoms with van der Waals surface area (Å²) < 4.78 is 6.54. The summed E-state index contributed by atoms with van der Waals surface area (Å²) in [6, 6.07) is 18.3. The summed E-state index contributed by atoms with van der Waals surface area (Å²) in [5.41, 5.74) is 10.3. The first kappa shape index (κ1) is 25.9. The molecule has 0 amide bonds. The maximum atomic E-state index is 10.5. The number of ether oxygens (including phenoxy) is 1. The van der Waals surface area contributed by atoms with Crippen molar-refractivity contribution >= 4 is 0 Å². The van der Waals surface area contributed by atoms with E-state index in [-0.39, 0.29) is 12.0 Å². The van der Waals surface area contributed by atoms with Gasteiger partial charge in [0.15, 0.2) is 0 Å². The van der Waals surface area contributed by atoms with Crippen LogP contribution in [0, 0.1) is 27.7 Å². The summed E-state index contributed by atoms with van der Waals surface area (Å²) in [5, 5.41) is 10.5. The van der Waals surface area contributed by atoms with Crippen LogP contribution in [-0.4, -0.2) is 35.2 Å². The minimum absolute atomic E-state index is 0.158. The maximum Gasteiger partial charge on any atom is 0.122 e. The van der Waals surface area contributed by atoms with Crippen molar-refractivity contribution in [3.63, 3.8) is 0 Å². The third-order valence-electron chi connectivity index (χ3n) is 9.13. The standard InChI is InChI=1S/C34H43NO2/c1-21-10-7-8-12-28(21)30-14-13-27-19-32(36)22(2)18-31(27)34(30)29-15-16-33(26(6)25(29)5)37-24(4)20-35-17-9-11-23(35)3/h7-8,10,12,15-16,18-19,23-24,30,34,36H,9,11,13-14,17,20H2,1-6H3/t23?,24?,30-,34+/m1/s1. The number of aryl methyl sites for hydroxylation is 3. The Morgan fingerprint density at radius 3 is 2.43 bits per heavy atom. The van der Waals surface area contributed by atoms with Crippen LogP contribution < -0.4 is 4.74 Å². The first-order valence-corrected chi connectivity index (χ1v) is 14.1. The average molecular weight is 498 g/mol. The van der Waals surface area contributed by atoms with Crippen LogP contribution in [0.25, 0.3) is 0 Å². The van der Waals surface area contributed by atoms with Crippen molar-refractivity contribution in [2.75, 3.05) is 13.1 Å². The third-order valence-corrected chi connectivity index (χ3v) is 9.13. The van der Waals surface area contributed by atoms with E-state index in [4.69, 9.17) is 4.74 Å². The molecule has 0 spiro atoms. The second kappa shape index (κ2) is 10.5. The largest absolute Gasteiger partial charge is 0.508 e. The number of hydrogen-bond donors (Lipinski definition) is 1. The summed E-state index contributed by atoms with van der Waals surface area (Å²) in [5.74, 6) is 2.06.